The quantitative estimate of drug-likeness (QED) is 0.546. The minimum absolute atomic E-state index is 0.0521. The van der Waals surface area contributed by atoms with Crippen molar-refractivity contribution in [2.75, 3.05) is 6.61 Å². The smallest absolute Gasteiger partial charge is 0.306 e. The lowest BCUT2D eigenvalue weighted by molar-refractivity contribution is -0.147. The van der Waals surface area contributed by atoms with Gasteiger partial charge in [-0.15, -0.1) is 0 Å². The summed E-state index contributed by atoms with van der Waals surface area (Å²) in [7, 11) is 0. The molecule has 4 bridgehead atoms. The number of aliphatic carboxylic acids is 1. The monoisotopic (exact) mass is 320 g/mol. The molecule has 0 aromatic heterocycles. The lowest BCUT2D eigenvalue weighted by Crippen LogP contribution is -2.26. The summed E-state index contributed by atoms with van der Waals surface area (Å²) in [6.45, 7) is 7.24. The van der Waals surface area contributed by atoms with Gasteiger partial charge in [0, 0.05) is 0 Å². The van der Waals surface area contributed by atoms with E-state index in [1.54, 1.807) is 0 Å². The lowest BCUT2D eigenvalue weighted by Gasteiger charge is -2.34. The SMILES string of the molecule is C/C(=C/CC[C@]1(C)C2C[C@@H]3[C@H](C2)C31C)COC(=O)CCC(=O)O. The Labute approximate surface area is 138 Å². The number of ether oxygens (including phenoxy) is 1. The highest BCUT2D eigenvalue weighted by Gasteiger charge is 2.80. The second-order valence-electron chi connectivity index (χ2n) is 8.23. The van der Waals surface area contributed by atoms with Crippen molar-refractivity contribution in [2.45, 2.75) is 59.3 Å². The highest BCUT2D eigenvalue weighted by molar-refractivity contribution is 5.76. The van der Waals surface area contributed by atoms with E-state index in [0.717, 1.165) is 29.7 Å². The van der Waals surface area contributed by atoms with E-state index in [1.807, 2.05) is 6.92 Å². The molecule has 5 atom stereocenters. The Bertz CT molecular complexity index is 538. The molecule has 0 heterocycles. The maximum atomic E-state index is 11.4. The molecule has 4 aliphatic carbocycles. The highest BCUT2D eigenvalue weighted by Crippen LogP contribution is 2.87. The molecule has 0 aliphatic heterocycles. The van der Waals surface area contributed by atoms with Gasteiger partial charge in [0.15, 0.2) is 0 Å². The number of carboxylic acids is 1. The minimum Gasteiger partial charge on any atom is -0.481 e. The summed E-state index contributed by atoms with van der Waals surface area (Å²) in [4.78, 5) is 21.8. The Morgan fingerprint density at radius 2 is 1.87 bits per heavy atom. The number of esters is 1. The van der Waals surface area contributed by atoms with Crippen molar-refractivity contribution in [2.24, 2.45) is 28.6 Å². The van der Waals surface area contributed by atoms with Crippen LogP contribution < -0.4 is 0 Å². The predicted octanol–water partition coefficient (Wildman–Crippen LogP) is 3.80. The number of hydrogen-bond acceptors (Lipinski definition) is 3. The van der Waals surface area contributed by atoms with Gasteiger partial charge in [0.05, 0.1) is 12.8 Å². The second-order valence-corrected chi connectivity index (χ2v) is 8.23. The van der Waals surface area contributed by atoms with E-state index >= 15 is 0 Å². The Morgan fingerprint density at radius 1 is 1.22 bits per heavy atom. The Morgan fingerprint density at radius 3 is 2.39 bits per heavy atom. The Balaban J connectivity index is 1.41. The summed E-state index contributed by atoms with van der Waals surface area (Å²) in [5, 5.41) is 8.54. The molecule has 1 N–H and O–H groups in total. The molecule has 0 radical (unpaired) electrons. The van der Waals surface area contributed by atoms with Crippen LogP contribution in [0.25, 0.3) is 0 Å². The van der Waals surface area contributed by atoms with E-state index in [-0.39, 0.29) is 19.4 Å². The van der Waals surface area contributed by atoms with Crippen LogP contribution in [0.3, 0.4) is 0 Å². The van der Waals surface area contributed by atoms with E-state index in [1.165, 1.54) is 19.3 Å². The van der Waals surface area contributed by atoms with Crippen LogP contribution >= 0.6 is 0 Å². The van der Waals surface area contributed by atoms with Crippen LogP contribution in [0.15, 0.2) is 11.6 Å². The van der Waals surface area contributed by atoms with Crippen LogP contribution in [0.1, 0.15) is 59.3 Å². The van der Waals surface area contributed by atoms with Gasteiger partial charge < -0.3 is 9.84 Å². The average Bonchev–Trinajstić information content (AvgIpc) is 2.83. The topological polar surface area (TPSA) is 63.6 Å². The van der Waals surface area contributed by atoms with Gasteiger partial charge in [0.1, 0.15) is 6.61 Å². The van der Waals surface area contributed by atoms with Crippen LogP contribution in [-0.4, -0.2) is 23.7 Å². The van der Waals surface area contributed by atoms with Crippen LogP contribution in [-0.2, 0) is 14.3 Å². The first-order chi connectivity index (χ1) is 10.8. The van der Waals surface area contributed by atoms with E-state index in [4.69, 9.17) is 9.84 Å². The molecule has 4 rings (SSSR count). The molecule has 0 amide bonds. The number of allylic oxidation sites excluding steroid dienone is 1. The van der Waals surface area contributed by atoms with Gasteiger partial charge in [-0.1, -0.05) is 19.9 Å². The lowest BCUT2D eigenvalue weighted by atomic mass is 9.71. The van der Waals surface area contributed by atoms with Gasteiger partial charge in [-0.05, 0) is 66.8 Å². The molecule has 4 saturated carbocycles. The van der Waals surface area contributed by atoms with E-state index < -0.39 is 11.9 Å². The van der Waals surface area contributed by atoms with Crippen LogP contribution in [0, 0.1) is 28.6 Å². The van der Waals surface area contributed by atoms with E-state index in [0.29, 0.717) is 10.8 Å². The molecular formula is C19H28O4. The highest BCUT2D eigenvalue weighted by atomic mass is 16.5. The molecule has 4 heteroatoms. The van der Waals surface area contributed by atoms with Crippen LogP contribution in [0.4, 0.5) is 0 Å². The van der Waals surface area contributed by atoms with Gasteiger partial charge in [0.25, 0.3) is 0 Å². The molecule has 0 aromatic rings. The molecule has 128 valence electrons. The van der Waals surface area contributed by atoms with Gasteiger partial charge in [-0.3, -0.25) is 9.59 Å². The molecule has 23 heavy (non-hydrogen) atoms. The average molecular weight is 320 g/mol. The molecule has 0 saturated heterocycles. The van der Waals surface area contributed by atoms with Gasteiger partial charge in [-0.25, -0.2) is 0 Å². The van der Waals surface area contributed by atoms with Gasteiger partial charge >= 0.3 is 11.9 Å². The molecule has 4 nitrogen and oxygen atoms in total. The zero-order chi connectivity index (χ0) is 16.8. The third-order valence-corrected chi connectivity index (χ3v) is 7.29. The summed E-state index contributed by atoms with van der Waals surface area (Å²) in [5.74, 6) is 1.52. The maximum Gasteiger partial charge on any atom is 0.306 e. The van der Waals surface area contributed by atoms with Crippen molar-refractivity contribution in [3.05, 3.63) is 11.6 Å². The van der Waals surface area contributed by atoms with E-state index in [9.17, 15) is 9.59 Å². The van der Waals surface area contributed by atoms with Crippen molar-refractivity contribution >= 4 is 11.9 Å². The Kier molecular flexibility index (Phi) is 4.06. The number of hydrogen-bond donors (Lipinski definition) is 1. The maximum absolute atomic E-state index is 11.4. The first kappa shape index (κ1) is 16.5. The molecular weight excluding hydrogens is 292 g/mol. The standard InChI is InChI=1S/C19H28O4/c1-12(11-23-17(22)7-6-16(20)21)5-4-8-18(2)13-9-14-15(10-13)19(14,18)3/h5,13-15H,4,6-11H2,1-3H3,(H,20,21)/b12-5-/t13?,14-,15+,18-,19?/m1/s1. The number of carbonyl (C=O) groups excluding carboxylic acids is 1. The predicted molar refractivity (Wildman–Crippen MR) is 86.7 cm³/mol. The molecule has 0 aromatic carbocycles. The third kappa shape index (κ3) is 2.60. The molecule has 4 aliphatic rings. The molecule has 2 unspecified atom stereocenters. The van der Waals surface area contributed by atoms with Crippen molar-refractivity contribution in [1.29, 1.82) is 0 Å². The number of rotatable bonds is 8. The van der Waals surface area contributed by atoms with Crippen LogP contribution in [0.2, 0.25) is 0 Å². The summed E-state index contributed by atoms with van der Waals surface area (Å²) >= 11 is 0. The molecule has 0 spiro atoms. The largest absolute Gasteiger partial charge is 0.481 e. The molecule has 4 fully saturated rings. The van der Waals surface area contributed by atoms with Gasteiger partial charge in [0.2, 0.25) is 0 Å². The second kappa shape index (κ2) is 5.64. The fourth-order valence-electron chi connectivity index (χ4n) is 5.66. The fourth-order valence-corrected chi connectivity index (χ4v) is 5.66. The summed E-state index contributed by atoms with van der Waals surface area (Å²) in [6.07, 6.45) is 7.13. The van der Waals surface area contributed by atoms with Gasteiger partial charge in [-0.2, -0.15) is 0 Å². The van der Waals surface area contributed by atoms with Crippen molar-refractivity contribution < 1.29 is 19.4 Å². The first-order valence-electron chi connectivity index (χ1n) is 8.82. The van der Waals surface area contributed by atoms with Crippen molar-refractivity contribution in [3.63, 3.8) is 0 Å². The fraction of sp³-hybridized carbons (Fsp3) is 0.789. The zero-order valence-electron chi connectivity index (χ0n) is 14.4. The number of carboxylic acid groups (broad SMARTS) is 1. The van der Waals surface area contributed by atoms with Crippen LogP contribution in [0.5, 0.6) is 0 Å². The number of carbonyl (C=O) groups is 2. The zero-order valence-corrected chi connectivity index (χ0v) is 14.4. The summed E-state index contributed by atoms with van der Waals surface area (Å²) in [5.41, 5.74) is 2.15. The first-order valence-corrected chi connectivity index (χ1v) is 8.82. The van der Waals surface area contributed by atoms with Crippen molar-refractivity contribution in [1.82, 2.24) is 0 Å². The normalized spacial score (nSPS) is 40.3. The summed E-state index contributed by atoms with van der Waals surface area (Å²) in [6, 6.07) is 0. The third-order valence-electron chi connectivity index (χ3n) is 7.29. The minimum atomic E-state index is -0.968. The summed E-state index contributed by atoms with van der Waals surface area (Å²) < 4.78 is 5.11. The van der Waals surface area contributed by atoms with Crippen molar-refractivity contribution in [3.8, 4) is 0 Å². The van der Waals surface area contributed by atoms with E-state index in [2.05, 4.69) is 19.9 Å². The Hall–Kier alpha value is -1.32.